The minimum atomic E-state index is -0.460. The third kappa shape index (κ3) is 4.29. The molecular formula is C12H15N3O3S. The molecule has 1 aromatic heterocycles. The van der Waals surface area contributed by atoms with E-state index in [4.69, 9.17) is 22.7 Å². The summed E-state index contributed by atoms with van der Waals surface area (Å²) in [6, 6.07) is 3.12. The second-order valence-corrected chi connectivity index (χ2v) is 4.20. The van der Waals surface area contributed by atoms with Crippen molar-refractivity contribution < 1.29 is 14.3 Å². The van der Waals surface area contributed by atoms with Crippen molar-refractivity contribution in [3.8, 4) is 0 Å². The second kappa shape index (κ2) is 6.79. The molecule has 1 amide bonds. The number of amides is 1. The summed E-state index contributed by atoms with van der Waals surface area (Å²) < 4.78 is 4.76. The minimum absolute atomic E-state index is 0.120. The molecule has 7 heteroatoms. The summed E-state index contributed by atoms with van der Waals surface area (Å²) >= 11 is 4.79. The van der Waals surface area contributed by atoms with E-state index in [1.165, 1.54) is 24.2 Å². The molecule has 2 N–H and O–H groups in total. The van der Waals surface area contributed by atoms with E-state index in [0.717, 1.165) is 0 Å². The fraction of sp³-hybridized carbons (Fsp3) is 0.333. The molecule has 0 bridgehead atoms. The molecule has 1 heterocycles. The van der Waals surface area contributed by atoms with Crippen molar-refractivity contribution in [3.05, 3.63) is 29.6 Å². The van der Waals surface area contributed by atoms with Crippen LogP contribution in [0.4, 0.5) is 0 Å². The lowest BCUT2D eigenvalue weighted by Gasteiger charge is -2.15. The molecule has 6 nitrogen and oxygen atoms in total. The molecule has 0 radical (unpaired) electrons. The van der Waals surface area contributed by atoms with E-state index in [2.05, 4.69) is 4.98 Å². The highest BCUT2D eigenvalue weighted by molar-refractivity contribution is 7.80. The molecule has 0 aliphatic carbocycles. The van der Waals surface area contributed by atoms with Crippen LogP contribution in [0.25, 0.3) is 0 Å². The Labute approximate surface area is 116 Å². The van der Waals surface area contributed by atoms with Crippen LogP contribution in [0.2, 0.25) is 0 Å². The smallest absolute Gasteiger partial charge is 0.325 e. The van der Waals surface area contributed by atoms with Crippen LogP contribution < -0.4 is 5.73 Å². The Morgan fingerprint density at radius 1 is 1.47 bits per heavy atom. The van der Waals surface area contributed by atoms with Gasteiger partial charge in [0, 0.05) is 18.8 Å². The number of hydrogen-bond acceptors (Lipinski definition) is 5. The largest absolute Gasteiger partial charge is 0.465 e. The van der Waals surface area contributed by atoms with Crippen molar-refractivity contribution in [1.82, 2.24) is 9.88 Å². The normalized spacial score (nSPS) is 9.79. The van der Waals surface area contributed by atoms with E-state index in [0.29, 0.717) is 5.56 Å². The maximum Gasteiger partial charge on any atom is 0.325 e. The number of hydrogen-bond donors (Lipinski definition) is 1. The van der Waals surface area contributed by atoms with Crippen molar-refractivity contribution in [2.75, 3.05) is 20.2 Å². The molecule has 0 aliphatic rings. The highest BCUT2D eigenvalue weighted by Crippen LogP contribution is 2.03. The van der Waals surface area contributed by atoms with Gasteiger partial charge in [-0.05, 0) is 19.1 Å². The number of ether oxygens (including phenoxy) is 1. The Morgan fingerprint density at radius 2 is 2.16 bits per heavy atom. The third-order valence-corrected chi connectivity index (χ3v) is 2.52. The number of carbonyl (C=O) groups excluding carboxylic acids is 2. The lowest BCUT2D eigenvalue weighted by Crippen LogP contribution is -2.33. The summed E-state index contributed by atoms with van der Waals surface area (Å²) in [5.74, 6) is -0.833. The first-order valence-electron chi connectivity index (χ1n) is 5.62. The van der Waals surface area contributed by atoms with E-state index in [1.807, 2.05) is 0 Å². The molecule has 0 saturated heterocycles. The molecule has 0 atom stereocenters. The van der Waals surface area contributed by atoms with Gasteiger partial charge in [0.1, 0.15) is 17.2 Å². The summed E-state index contributed by atoms with van der Waals surface area (Å²) in [6.07, 6.45) is 1.42. The number of pyridine rings is 1. The van der Waals surface area contributed by atoms with E-state index < -0.39 is 5.97 Å². The first-order chi connectivity index (χ1) is 8.95. The molecule has 1 aromatic rings. The van der Waals surface area contributed by atoms with E-state index in [9.17, 15) is 9.59 Å². The number of likely N-dealkylation sites (N-methyl/N-ethyl adjacent to an activating group) is 1. The third-order valence-electron chi connectivity index (χ3n) is 2.29. The number of aromatic nitrogens is 1. The fourth-order valence-electron chi connectivity index (χ4n) is 1.33. The molecule has 0 aliphatic heterocycles. The van der Waals surface area contributed by atoms with E-state index >= 15 is 0 Å². The summed E-state index contributed by atoms with van der Waals surface area (Å²) in [7, 11) is 1.50. The second-order valence-electron chi connectivity index (χ2n) is 3.76. The van der Waals surface area contributed by atoms with Crippen molar-refractivity contribution in [1.29, 1.82) is 0 Å². The first-order valence-corrected chi connectivity index (χ1v) is 6.03. The van der Waals surface area contributed by atoms with Crippen LogP contribution in [-0.4, -0.2) is 46.9 Å². The molecule has 0 unspecified atom stereocenters. The summed E-state index contributed by atoms with van der Waals surface area (Å²) in [5, 5.41) is 0. The van der Waals surface area contributed by atoms with Gasteiger partial charge in [-0.3, -0.25) is 14.6 Å². The predicted octanol–water partition coefficient (Wildman–Crippen LogP) is 0.351. The molecular weight excluding hydrogens is 266 g/mol. The van der Waals surface area contributed by atoms with E-state index in [1.54, 1.807) is 13.0 Å². The number of nitrogens with two attached hydrogens (primary N) is 1. The number of carbonyl (C=O) groups is 2. The number of nitrogens with zero attached hydrogens (tertiary/aromatic N) is 2. The van der Waals surface area contributed by atoms with Crippen molar-refractivity contribution in [2.24, 2.45) is 5.73 Å². The van der Waals surface area contributed by atoms with Gasteiger partial charge in [-0.15, -0.1) is 0 Å². The van der Waals surface area contributed by atoms with Crippen LogP contribution in [-0.2, 0) is 9.53 Å². The maximum atomic E-state index is 12.0. The quantitative estimate of drug-likeness (QED) is 0.619. The zero-order chi connectivity index (χ0) is 14.4. The van der Waals surface area contributed by atoms with Gasteiger partial charge in [0.25, 0.3) is 5.91 Å². The highest BCUT2D eigenvalue weighted by Gasteiger charge is 2.16. The van der Waals surface area contributed by atoms with Gasteiger partial charge in [-0.25, -0.2) is 0 Å². The predicted molar refractivity (Wildman–Crippen MR) is 73.7 cm³/mol. The van der Waals surface area contributed by atoms with Gasteiger partial charge >= 0.3 is 5.97 Å². The lowest BCUT2D eigenvalue weighted by atomic mass is 10.2. The summed E-state index contributed by atoms with van der Waals surface area (Å²) in [5.41, 5.74) is 6.23. The Bertz CT molecular complexity index is 487. The average molecular weight is 281 g/mol. The Kier molecular flexibility index (Phi) is 5.37. The number of rotatable bonds is 5. The van der Waals surface area contributed by atoms with Crippen LogP contribution in [0.1, 0.15) is 23.0 Å². The zero-order valence-electron chi connectivity index (χ0n) is 10.8. The molecule has 19 heavy (non-hydrogen) atoms. The van der Waals surface area contributed by atoms with Gasteiger partial charge in [0.15, 0.2) is 0 Å². The lowest BCUT2D eigenvalue weighted by molar-refractivity contribution is -0.143. The fourth-order valence-corrected chi connectivity index (χ4v) is 1.45. The van der Waals surface area contributed by atoms with Crippen LogP contribution in [0.3, 0.4) is 0 Å². The highest BCUT2D eigenvalue weighted by atomic mass is 32.1. The van der Waals surface area contributed by atoms with Gasteiger partial charge in [0.05, 0.1) is 6.61 Å². The van der Waals surface area contributed by atoms with Crippen LogP contribution in [0.5, 0.6) is 0 Å². The molecule has 0 spiro atoms. The van der Waals surface area contributed by atoms with Crippen molar-refractivity contribution in [2.45, 2.75) is 6.92 Å². The Balaban J connectivity index is 2.71. The van der Waals surface area contributed by atoms with Crippen LogP contribution in [0, 0.1) is 0 Å². The standard InChI is InChI=1S/C12H15N3O3S/c1-3-18-10(16)7-15(2)12(17)9-5-4-8(6-14-9)11(13)19/h4-6H,3,7H2,1-2H3,(H2,13,19). The SMILES string of the molecule is CCOC(=O)CN(C)C(=O)c1ccc(C(N)=S)cn1. The summed E-state index contributed by atoms with van der Waals surface area (Å²) in [4.78, 5) is 28.6. The Hall–Kier alpha value is -2.02. The molecule has 0 saturated carbocycles. The minimum Gasteiger partial charge on any atom is -0.465 e. The van der Waals surface area contributed by atoms with Gasteiger partial charge in [0.2, 0.25) is 0 Å². The number of esters is 1. The topological polar surface area (TPSA) is 85.5 Å². The first kappa shape index (κ1) is 15.0. The molecule has 0 fully saturated rings. The molecule has 1 rings (SSSR count). The van der Waals surface area contributed by atoms with Gasteiger partial charge in [-0.2, -0.15) is 0 Å². The van der Waals surface area contributed by atoms with Gasteiger partial charge in [-0.1, -0.05) is 12.2 Å². The molecule has 102 valence electrons. The number of thiocarbonyl (C=S) groups is 1. The maximum absolute atomic E-state index is 12.0. The Morgan fingerprint density at radius 3 is 2.63 bits per heavy atom. The van der Waals surface area contributed by atoms with Gasteiger partial charge < -0.3 is 15.4 Å². The zero-order valence-corrected chi connectivity index (χ0v) is 11.6. The van der Waals surface area contributed by atoms with Crippen LogP contribution in [0.15, 0.2) is 18.3 Å². The van der Waals surface area contributed by atoms with E-state index in [-0.39, 0.29) is 29.7 Å². The van der Waals surface area contributed by atoms with Crippen LogP contribution >= 0.6 is 12.2 Å². The monoisotopic (exact) mass is 281 g/mol. The molecule has 0 aromatic carbocycles. The van der Waals surface area contributed by atoms with Crippen molar-refractivity contribution in [3.63, 3.8) is 0 Å². The van der Waals surface area contributed by atoms with Crippen molar-refractivity contribution >= 4 is 29.1 Å². The summed E-state index contributed by atoms with van der Waals surface area (Å²) in [6.45, 7) is 1.86. The average Bonchev–Trinajstić information content (AvgIpc) is 2.38.